The molecule has 0 radical (unpaired) electrons. The highest BCUT2D eigenvalue weighted by atomic mass is 28.3. The van der Waals surface area contributed by atoms with Crippen LogP contribution >= 0.6 is 0 Å². The van der Waals surface area contributed by atoms with Gasteiger partial charge < -0.3 is 5.11 Å². The molecule has 1 rings (SSSR count). The van der Waals surface area contributed by atoms with Crippen molar-refractivity contribution in [1.82, 2.24) is 0 Å². The molecule has 0 amide bonds. The minimum atomic E-state index is -1.10. The van der Waals surface area contributed by atoms with Gasteiger partial charge in [0.15, 0.2) is 0 Å². The van der Waals surface area contributed by atoms with Crippen molar-refractivity contribution in [2.24, 2.45) is 11.3 Å². The summed E-state index contributed by atoms with van der Waals surface area (Å²) in [6.07, 6.45) is 5.08. The van der Waals surface area contributed by atoms with Crippen LogP contribution in [0.5, 0.6) is 0 Å². The molecule has 1 fully saturated rings. The Labute approximate surface area is 115 Å². The summed E-state index contributed by atoms with van der Waals surface area (Å²) in [6.45, 7) is 14.6. The van der Waals surface area contributed by atoms with E-state index < -0.39 is 8.07 Å². The second-order valence-corrected chi connectivity index (χ2v) is 13.7. The predicted octanol–water partition coefficient (Wildman–Crippen LogP) is 4.85. The topological polar surface area (TPSA) is 20.2 Å². The third-order valence-electron chi connectivity index (χ3n) is 4.25. The summed E-state index contributed by atoms with van der Waals surface area (Å²) in [5.74, 6) is 0.855. The average Bonchev–Trinajstić information content (AvgIpc) is 2.24. The van der Waals surface area contributed by atoms with Crippen LogP contribution in [0.15, 0.2) is 11.1 Å². The summed E-state index contributed by atoms with van der Waals surface area (Å²) in [5.41, 5.74) is 3.41. The molecular weight excluding hydrogens is 236 g/mol. The lowest BCUT2D eigenvalue weighted by Crippen LogP contribution is -2.25. The van der Waals surface area contributed by atoms with Gasteiger partial charge in [0.2, 0.25) is 0 Å². The van der Waals surface area contributed by atoms with E-state index in [1.807, 2.05) is 0 Å². The van der Waals surface area contributed by atoms with Gasteiger partial charge in [-0.3, -0.25) is 0 Å². The summed E-state index contributed by atoms with van der Waals surface area (Å²) in [7, 11) is -1.10. The second-order valence-electron chi connectivity index (χ2n) is 8.24. The SMILES string of the molecule is CC(C)(C)C1CCC(=C(CO)C[Si](C)(C)C)CC1. The molecule has 0 aromatic carbocycles. The zero-order valence-electron chi connectivity index (χ0n) is 13.3. The van der Waals surface area contributed by atoms with Crippen LogP contribution in [0, 0.1) is 11.3 Å². The largest absolute Gasteiger partial charge is 0.392 e. The number of hydrogen-bond acceptors (Lipinski definition) is 1. The van der Waals surface area contributed by atoms with Crippen molar-refractivity contribution in [1.29, 1.82) is 0 Å². The zero-order chi connectivity index (χ0) is 14.0. The first kappa shape index (κ1) is 16.0. The Morgan fingerprint density at radius 2 is 1.67 bits per heavy atom. The lowest BCUT2D eigenvalue weighted by Gasteiger charge is -2.36. The average molecular weight is 269 g/mol. The Bertz CT molecular complexity index is 294. The smallest absolute Gasteiger partial charge is 0.0641 e. The number of rotatable bonds is 3. The Kier molecular flexibility index (Phi) is 5.25. The van der Waals surface area contributed by atoms with Gasteiger partial charge in [-0.15, -0.1) is 0 Å². The van der Waals surface area contributed by atoms with Crippen molar-refractivity contribution in [3.05, 3.63) is 11.1 Å². The van der Waals surface area contributed by atoms with Gasteiger partial charge in [-0.25, -0.2) is 0 Å². The maximum Gasteiger partial charge on any atom is 0.0641 e. The minimum Gasteiger partial charge on any atom is -0.392 e. The second kappa shape index (κ2) is 5.92. The molecule has 1 aliphatic rings. The van der Waals surface area contributed by atoms with Gasteiger partial charge in [0.1, 0.15) is 0 Å². The monoisotopic (exact) mass is 268 g/mol. The van der Waals surface area contributed by atoms with Crippen molar-refractivity contribution in [2.45, 2.75) is 72.1 Å². The molecule has 0 unspecified atom stereocenters. The summed E-state index contributed by atoms with van der Waals surface area (Å²) in [5, 5.41) is 9.63. The van der Waals surface area contributed by atoms with Crippen molar-refractivity contribution < 1.29 is 5.11 Å². The fraction of sp³-hybridized carbons (Fsp3) is 0.875. The van der Waals surface area contributed by atoms with Crippen LogP contribution < -0.4 is 0 Å². The maximum absolute atomic E-state index is 9.63. The van der Waals surface area contributed by atoms with Gasteiger partial charge in [-0.05, 0) is 48.6 Å². The third-order valence-corrected chi connectivity index (χ3v) is 5.74. The first-order chi connectivity index (χ1) is 8.13. The van der Waals surface area contributed by atoms with Crippen molar-refractivity contribution in [3.63, 3.8) is 0 Å². The molecule has 0 bridgehead atoms. The molecule has 1 N–H and O–H groups in total. The van der Waals surface area contributed by atoms with E-state index in [9.17, 15) is 5.11 Å². The molecule has 0 atom stereocenters. The van der Waals surface area contributed by atoms with Crippen molar-refractivity contribution in [2.75, 3.05) is 6.61 Å². The molecule has 0 aliphatic heterocycles. The number of aliphatic hydroxyl groups is 1. The molecule has 106 valence electrons. The number of hydrogen-bond donors (Lipinski definition) is 1. The molecule has 18 heavy (non-hydrogen) atoms. The van der Waals surface area contributed by atoms with Gasteiger partial charge in [-0.2, -0.15) is 0 Å². The fourth-order valence-corrected chi connectivity index (χ4v) is 4.76. The van der Waals surface area contributed by atoms with Crippen LogP contribution in [0.3, 0.4) is 0 Å². The predicted molar refractivity (Wildman–Crippen MR) is 83.7 cm³/mol. The molecule has 1 aliphatic carbocycles. The van der Waals surface area contributed by atoms with Crippen LogP contribution in [-0.2, 0) is 0 Å². The molecule has 2 heteroatoms. The van der Waals surface area contributed by atoms with E-state index in [-0.39, 0.29) is 0 Å². The van der Waals surface area contributed by atoms with E-state index in [0.29, 0.717) is 12.0 Å². The Balaban J connectivity index is 2.69. The molecular formula is C16H32OSi. The van der Waals surface area contributed by atoms with Crippen LogP contribution in [-0.4, -0.2) is 19.8 Å². The molecule has 0 saturated heterocycles. The standard InChI is InChI=1S/C16H32OSi/c1-16(2,3)15-9-7-13(8-10-15)14(11-17)12-18(4,5)6/h15,17H,7-12H2,1-6H3. The summed E-state index contributed by atoms with van der Waals surface area (Å²) in [4.78, 5) is 0. The van der Waals surface area contributed by atoms with E-state index in [1.54, 1.807) is 5.57 Å². The van der Waals surface area contributed by atoms with Gasteiger partial charge in [0.05, 0.1) is 6.61 Å². The van der Waals surface area contributed by atoms with Crippen LogP contribution in [0.4, 0.5) is 0 Å². The van der Waals surface area contributed by atoms with Crippen molar-refractivity contribution >= 4 is 8.07 Å². The van der Waals surface area contributed by atoms with Gasteiger partial charge in [0.25, 0.3) is 0 Å². The lowest BCUT2D eigenvalue weighted by molar-refractivity contribution is 0.196. The van der Waals surface area contributed by atoms with Crippen LogP contribution in [0.25, 0.3) is 0 Å². The van der Waals surface area contributed by atoms with Crippen LogP contribution in [0.1, 0.15) is 46.5 Å². The van der Waals surface area contributed by atoms with E-state index in [4.69, 9.17) is 0 Å². The Morgan fingerprint density at radius 3 is 2.00 bits per heavy atom. The first-order valence-electron chi connectivity index (χ1n) is 7.44. The van der Waals surface area contributed by atoms with E-state index in [1.165, 1.54) is 37.3 Å². The highest BCUT2D eigenvalue weighted by Crippen LogP contribution is 2.41. The molecule has 0 heterocycles. The van der Waals surface area contributed by atoms with Crippen molar-refractivity contribution in [3.8, 4) is 0 Å². The third kappa shape index (κ3) is 4.89. The Hall–Kier alpha value is -0.0831. The van der Waals surface area contributed by atoms with E-state index >= 15 is 0 Å². The highest BCUT2D eigenvalue weighted by molar-refractivity contribution is 6.76. The zero-order valence-corrected chi connectivity index (χ0v) is 14.3. The summed E-state index contributed by atoms with van der Waals surface area (Å²) in [6, 6.07) is 1.18. The number of aliphatic hydroxyl groups excluding tert-OH is 1. The molecule has 0 aromatic heterocycles. The molecule has 0 spiro atoms. The highest BCUT2D eigenvalue weighted by Gasteiger charge is 2.29. The van der Waals surface area contributed by atoms with Gasteiger partial charge in [0, 0.05) is 8.07 Å². The van der Waals surface area contributed by atoms with Gasteiger partial charge in [-0.1, -0.05) is 46.0 Å². The summed E-state index contributed by atoms with van der Waals surface area (Å²) < 4.78 is 0. The van der Waals surface area contributed by atoms with E-state index in [0.717, 1.165) is 5.92 Å². The lowest BCUT2D eigenvalue weighted by atomic mass is 9.71. The fourth-order valence-electron chi connectivity index (χ4n) is 3.12. The maximum atomic E-state index is 9.63. The quantitative estimate of drug-likeness (QED) is 0.573. The van der Waals surface area contributed by atoms with Gasteiger partial charge >= 0.3 is 0 Å². The Morgan fingerprint density at radius 1 is 1.17 bits per heavy atom. The first-order valence-corrected chi connectivity index (χ1v) is 11.1. The molecule has 1 saturated carbocycles. The summed E-state index contributed by atoms with van der Waals surface area (Å²) >= 11 is 0. The molecule has 0 aromatic rings. The molecule has 1 nitrogen and oxygen atoms in total. The van der Waals surface area contributed by atoms with E-state index in [2.05, 4.69) is 40.4 Å². The minimum absolute atomic E-state index is 0.291. The normalized spacial score (nSPS) is 22.2. The van der Waals surface area contributed by atoms with Crippen LogP contribution in [0.2, 0.25) is 25.7 Å². The number of allylic oxidation sites excluding steroid dienone is 1.